The molecule has 0 amide bonds. The second kappa shape index (κ2) is 12.1. The van der Waals surface area contributed by atoms with Gasteiger partial charge >= 0.3 is 142 Å². The zero-order valence-electron chi connectivity index (χ0n) is 15.9. The molecule has 1 N–H and O–H groups in total. The number of hydrogen-bond donors (Lipinski definition) is 1. The van der Waals surface area contributed by atoms with Crippen molar-refractivity contribution in [3.63, 3.8) is 0 Å². The van der Waals surface area contributed by atoms with Crippen molar-refractivity contribution in [2.45, 2.75) is 77.0 Å². The predicted octanol–water partition coefficient (Wildman–Crippen LogP) is 5.56. The van der Waals surface area contributed by atoms with E-state index in [0.717, 1.165) is 0 Å². The molecule has 162 valence electrons. The second-order valence-corrected chi connectivity index (χ2v) is 19.5. The normalized spacial score (nSPS) is 19.5. The molecule has 3 nitrogen and oxygen atoms in total. The van der Waals surface area contributed by atoms with E-state index in [4.69, 9.17) is 13.0 Å². The summed E-state index contributed by atoms with van der Waals surface area (Å²) in [6, 6.07) is 11.8. The van der Waals surface area contributed by atoms with Crippen LogP contribution in [0.2, 0.25) is 7.25 Å². The van der Waals surface area contributed by atoms with Gasteiger partial charge in [-0.3, -0.25) is 4.55 Å². The summed E-state index contributed by atoms with van der Waals surface area (Å²) < 4.78 is 61.7. The molecule has 1 aromatic rings. The minimum atomic E-state index is -5.84. The molecule has 0 radical (unpaired) electrons. The van der Waals surface area contributed by atoms with Crippen molar-refractivity contribution in [3.05, 3.63) is 30.3 Å². The molecule has 2 fully saturated rings. The molecule has 0 unspecified atom stereocenters. The van der Waals surface area contributed by atoms with Gasteiger partial charge in [-0.25, -0.2) is 0 Å². The number of alkyl halides is 3. The summed E-state index contributed by atoms with van der Waals surface area (Å²) in [5.41, 5.74) is -5.53. The van der Waals surface area contributed by atoms with Crippen molar-refractivity contribution >= 4 is 48.6 Å². The molecular weight excluding hydrogens is 606 g/mol. The molecule has 1 aromatic carbocycles. The predicted molar refractivity (Wildman–Crippen MR) is 113 cm³/mol. The Morgan fingerprint density at radius 1 is 0.821 bits per heavy atom. The van der Waals surface area contributed by atoms with Crippen LogP contribution in [0.25, 0.3) is 0 Å². The summed E-state index contributed by atoms with van der Waals surface area (Å²) in [5.74, 6) is 0. The van der Waals surface area contributed by atoms with E-state index in [0.29, 0.717) is 0 Å². The minimum absolute atomic E-state index is 0. The first-order valence-corrected chi connectivity index (χ1v) is 16.8. The Kier molecular flexibility index (Phi) is 11.3. The fourth-order valence-corrected chi connectivity index (χ4v) is 18.8. The van der Waals surface area contributed by atoms with E-state index >= 15 is 0 Å². The van der Waals surface area contributed by atoms with Gasteiger partial charge < -0.3 is 0 Å². The molecule has 9 heteroatoms. The second-order valence-electron chi connectivity index (χ2n) is 7.25. The van der Waals surface area contributed by atoms with Gasteiger partial charge in [-0.15, -0.1) is 0 Å². The third-order valence-corrected chi connectivity index (χ3v) is 19.5. The van der Waals surface area contributed by atoms with Gasteiger partial charge in [-0.2, -0.15) is 35.1 Å². The monoisotopic (exact) mass is 636 g/mol. The Morgan fingerprint density at radius 2 is 1.18 bits per heavy atom. The first kappa shape index (κ1) is 26.2. The van der Waals surface area contributed by atoms with E-state index in [1.165, 1.54) is 45.8 Å². The Balaban J connectivity index is 0.000000376. The van der Waals surface area contributed by atoms with Crippen LogP contribution < -0.4 is 3.27 Å². The van der Waals surface area contributed by atoms with Crippen LogP contribution in [0, 0.1) is 0 Å². The molecule has 0 atom stereocenters. The maximum atomic E-state index is 10.7. The van der Waals surface area contributed by atoms with Gasteiger partial charge in [0.15, 0.2) is 0 Å². The van der Waals surface area contributed by atoms with Crippen molar-refractivity contribution in [2.24, 2.45) is 0 Å². The Bertz CT molecular complexity index is 639. The molecule has 0 heterocycles. The summed E-state index contributed by atoms with van der Waals surface area (Å²) in [7, 11) is -5.84. The van der Waals surface area contributed by atoms with Crippen LogP contribution in [0.5, 0.6) is 0 Å². The first-order valence-electron chi connectivity index (χ1n) is 9.57. The Hall–Kier alpha value is 0.153. The third-order valence-electron chi connectivity index (χ3n) is 5.28. The van der Waals surface area contributed by atoms with Gasteiger partial charge in [0, 0.05) is 0 Å². The van der Waals surface area contributed by atoms with Gasteiger partial charge in [0.1, 0.15) is 0 Å². The van der Waals surface area contributed by atoms with Crippen LogP contribution in [0.15, 0.2) is 30.3 Å². The SMILES string of the molecule is O=S(=O)(O)C(F)(F)F.S.c1cc[c]([Bi]([CH]2CCCCC2)[CH]2CCCCC2)cc1. The standard InChI is InChI=1S/2C6H11.C6H5.CHF3O3S.Bi.H2S/c3*1-2-4-6-5-3-1;2-1(3,4)8(5,6)7;;/h2*1H,2-6H2;1-5H;(H,5,6,7);;1H2. The number of rotatable bonds is 3. The molecule has 0 aliphatic heterocycles. The molecule has 2 aliphatic rings. The summed E-state index contributed by atoms with van der Waals surface area (Å²) >= 11 is -1.51. The van der Waals surface area contributed by atoms with Crippen molar-refractivity contribution < 1.29 is 26.1 Å². The number of benzene rings is 1. The molecule has 3 rings (SSSR count). The molecule has 28 heavy (non-hydrogen) atoms. The summed E-state index contributed by atoms with van der Waals surface area (Å²) in [6.45, 7) is 0. The zero-order chi connectivity index (χ0) is 19.9. The third kappa shape index (κ3) is 8.12. The van der Waals surface area contributed by atoms with Crippen LogP contribution in [0.3, 0.4) is 0 Å². The average molecular weight is 637 g/mol. The molecule has 2 aliphatic carbocycles. The van der Waals surface area contributed by atoms with Gasteiger partial charge in [0.2, 0.25) is 0 Å². The average Bonchev–Trinajstić information content (AvgIpc) is 2.64. The van der Waals surface area contributed by atoms with E-state index in [1.54, 1.807) is 25.7 Å². The maximum absolute atomic E-state index is 10.7. The van der Waals surface area contributed by atoms with Crippen molar-refractivity contribution in [3.8, 4) is 0 Å². The summed E-state index contributed by atoms with van der Waals surface area (Å²) in [6.07, 6.45) is 15.4. The van der Waals surface area contributed by atoms with Gasteiger partial charge in [0.05, 0.1) is 0 Å². The van der Waals surface area contributed by atoms with Gasteiger partial charge in [-0.05, 0) is 0 Å². The number of hydrogen-bond acceptors (Lipinski definition) is 2. The van der Waals surface area contributed by atoms with Crippen LogP contribution in [0.1, 0.15) is 64.2 Å². The van der Waals surface area contributed by atoms with Gasteiger partial charge in [0.25, 0.3) is 0 Å². The van der Waals surface area contributed by atoms with Crippen molar-refractivity contribution in [1.82, 2.24) is 0 Å². The first-order chi connectivity index (χ1) is 12.7. The van der Waals surface area contributed by atoms with Crippen molar-refractivity contribution in [1.29, 1.82) is 0 Å². The molecule has 2 saturated carbocycles. The van der Waals surface area contributed by atoms with E-state index < -0.39 is 37.4 Å². The topological polar surface area (TPSA) is 54.4 Å². The quantitative estimate of drug-likeness (QED) is 0.269. The zero-order valence-corrected chi connectivity index (χ0v) is 21.2. The van der Waals surface area contributed by atoms with Crippen LogP contribution in [-0.4, -0.2) is 40.2 Å². The fraction of sp³-hybridized carbons (Fsp3) is 0.684. The summed E-state index contributed by atoms with van der Waals surface area (Å²) in [4.78, 5) is 0. The molecular formula is C19H30BiF3O3S2. The Labute approximate surface area is 181 Å². The van der Waals surface area contributed by atoms with E-state index in [-0.39, 0.29) is 13.5 Å². The Morgan fingerprint density at radius 3 is 1.50 bits per heavy atom. The van der Waals surface area contributed by atoms with Crippen LogP contribution >= 0.6 is 13.5 Å². The van der Waals surface area contributed by atoms with E-state index in [9.17, 15) is 13.2 Å². The van der Waals surface area contributed by atoms with Crippen LogP contribution in [0.4, 0.5) is 13.2 Å². The van der Waals surface area contributed by atoms with E-state index in [1.807, 2.05) is 3.27 Å². The molecule has 0 aromatic heterocycles. The number of halogens is 3. The fourth-order valence-electron chi connectivity index (χ4n) is 4.04. The van der Waals surface area contributed by atoms with Crippen LogP contribution in [-0.2, 0) is 10.1 Å². The molecule has 0 saturated heterocycles. The summed E-state index contributed by atoms with van der Waals surface area (Å²) in [5, 5.41) is 0. The molecule has 0 spiro atoms. The molecule has 0 bridgehead atoms. The van der Waals surface area contributed by atoms with E-state index in [2.05, 4.69) is 30.3 Å². The van der Waals surface area contributed by atoms with Gasteiger partial charge in [-0.1, -0.05) is 0 Å². The van der Waals surface area contributed by atoms with Crippen molar-refractivity contribution in [2.75, 3.05) is 0 Å².